The summed E-state index contributed by atoms with van der Waals surface area (Å²) in [6.45, 7) is 3.58. The number of nitrogens with two attached hydrogens (primary N) is 1. The Kier molecular flexibility index (Phi) is 2.90. The zero-order chi connectivity index (χ0) is 10.7. The molecule has 0 amide bonds. The van der Waals surface area contributed by atoms with Crippen LogP contribution < -0.4 is 10.5 Å². The number of hydrogen-bond acceptors (Lipinski definition) is 3. The van der Waals surface area contributed by atoms with Crippen molar-refractivity contribution >= 4 is 5.84 Å². The summed E-state index contributed by atoms with van der Waals surface area (Å²) in [6.07, 6.45) is 2.21. The number of unbranched alkanes of at least 4 members (excludes halogenated alkanes) is 1. The third-order valence-electron chi connectivity index (χ3n) is 2.54. The molecule has 2 rings (SSSR count). The molecule has 0 spiro atoms. The zero-order valence-corrected chi connectivity index (χ0v) is 8.99. The fraction of sp³-hybridized carbons (Fsp3) is 0.417. The fourth-order valence-corrected chi connectivity index (χ4v) is 1.70. The largest absolute Gasteiger partial charge is 0.493 e. The first-order valence-corrected chi connectivity index (χ1v) is 5.38. The minimum atomic E-state index is 0.608. The number of aliphatic imine (C=N–C) groups is 1. The predicted octanol–water partition coefficient (Wildman–Crippen LogP) is 2.08. The highest BCUT2D eigenvalue weighted by molar-refractivity contribution is 6.03. The lowest BCUT2D eigenvalue weighted by atomic mass is 10.1. The minimum Gasteiger partial charge on any atom is -0.493 e. The first-order chi connectivity index (χ1) is 7.33. The second-order valence-corrected chi connectivity index (χ2v) is 3.69. The van der Waals surface area contributed by atoms with Gasteiger partial charge in [-0.2, -0.15) is 0 Å². The van der Waals surface area contributed by atoms with Crippen molar-refractivity contribution in [3.8, 4) is 5.75 Å². The third-order valence-corrected chi connectivity index (χ3v) is 2.54. The third kappa shape index (κ3) is 1.96. The first kappa shape index (κ1) is 10.0. The Balaban J connectivity index is 2.18. The van der Waals surface area contributed by atoms with Crippen molar-refractivity contribution < 1.29 is 4.74 Å². The van der Waals surface area contributed by atoms with Gasteiger partial charge in [-0.15, -0.1) is 0 Å². The second-order valence-electron chi connectivity index (χ2n) is 3.69. The van der Waals surface area contributed by atoms with Gasteiger partial charge >= 0.3 is 0 Å². The SMILES string of the molecule is CCCCOc1cccc2c1C(N)=NC2. The topological polar surface area (TPSA) is 47.6 Å². The number of fused-ring (bicyclic) bond motifs is 1. The number of benzene rings is 1. The number of ether oxygens (including phenoxy) is 1. The van der Waals surface area contributed by atoms with Crippen LogP contribution in [0.1, 0.15) is 30.9 Å². The quantitative estimate of drug-likeness (QED) is 0.763. The first-order valence-electron chi connectivity index (χ1n) is 5.38. The summed E-state index contributed by atoms with van der Waals surface area (Å²) in [5.41, 5.74) is 7.98. The molecule has 0 bridgehead atoms. The van der Waals surface area contributed by atoms with Gasteiger partial charge in [0.1, 0.15) is 11.6 Å². The normalized spacial score (nSPS) is 13.5. The van der Waals surface area contributed by atoms with E-state index in [2.05, 4.69) is 11.9 Å². The lowest BCUT2D eigenvalue weighted by Crippen LogP contribution is -2.13. The van der Waals surface area contributed by atoms with E-state index >= 15 is 0 Å². The van der Waals surface area contributed by atoms with Crippen molar-refractivity contribution in [2.45, 2.75) is 26.3 Å². The molecule has 1 aliphatic heterocycles. The highest BCUT2D eigenvalue weighted by atomic mass is 16.5. The van der Waals surface area contributed by atoms with Crippen molar-refractivity contribution in [3.05, 3.63) is 29.3 Å². The van der Waals surface area contributed by atoms with Crippen LogP contribution in [0.2, 0.25) is 0 Å². The Labute approximate surface area is 90.0 Å². The van der Waals surface area contributed by atoms with Gasteiger partial charge in [0.25, 0.3) is 0 Å². The molecular formula is C12H16N2O. The summed E-state index contributed by atoms with van der Waals surface area (Å²) < 4.78 is 5.70. The molecular weight excluding hydrogens is 188 g/mol. The van der Waals surface area contributed by atoms with Crippen molar-refractivity contribution in [2.75, 3.05) is 6.61 Å². The molecule has 0 radical (unpaired) electrons. The van der Waals surface area contributed by atoms with E-state index < -0.39 is 0 Å². The molecule has 0 atom stereocenters. The van der Waals surface area contributed by atoms with Crippen molar-refractivity contribution in [3.63, 3.8) is 0 Å². The van der Waals surface area contributed by atoms with Gasteiger partial charge in [0.2, 0.25) is 0 Å². The summed E-state index contributed by atoms with van der Waals surface area (Å²) >= 11 is 0. The summed E-state index contributed by atoms with van der Waals surface area (Å²) in [6, 6.07) is 6.00. The van der Waals surface area contributed by atoms with E-state index in [0.717, 1.165) is 30.8 Å². The minimum absolute atomic E-state index is 0.608. The Morgan fingerprint density at radius 3 is 3.13 bits per heavy atom. The standard InChI is InChI=1S/C12H16N2O/c1-2-3-7-15-10-6-4-5-9-8-14-12(13)11(9)10/h4-6H,2-3,7-8H2,1H3,(H2,13,14). The van der Waals surface area contributed by atoms with Crippen LogP contribution in [0.25, 0.3) is 0 Å². The molecule has 2 N–H and O–H groups in total. The molecule has 0 aliphatic carbocycles. The van der Waals surface area contributed by atoms with Gasteiger partial charge in [-0.1, -0.05) is 25.5 Å². The fourth-order valence-electron chi connectivity index (χ4n) is 1.70. The van der Waals surface area contributed by atoms with E-state index in [1.807, 2.05) is 18.2 Å². The van der Waals surface area contributed by atoms with E-state index in [1.54, 1.807) is 0 Å². The monoisotopic (exact) mass is 204 g/mol. The van der Waals surface area contributed by atoms with Crippen LogP contribution in [0.15, 0.2) is 23.2 Å². The maximum Gasteiger partial charge on any atom is 0.130 e. The van der Waals surface area contributed by atoms with Crippen molar-refractivity contribution in [1.82, 2.24) is 0 Å². The highest BCUT2D eigenvalue weighted by Gasteiger charge is 2.17. The Morgan fingerprint density at radius 2 is 2.33 bits per heavy atom. The van der Waals surface area contributed by atoms with Gasteiger partial charge in [-0.3, -0.25) is 4.99 Å². The Morgan fingerprint density at radius 1 is 1.47 bits per heavy atom. The van der Waals surface area contributed by atoms with Gasteiger partial charge < -0.3 is 10.5 Å². The van der Waals surface area contributed by atoms with Crippen LogP contribution >= 0.6 is 0 Å². The lowest BCUT2D eigenvalue weighted by Gasteiger charge is -2.10. The number of hydrogen-bond donors (Lipinski definition) is 1. The van der Waals surface area contributed by atoms with Gasteiger partial charge in [0.15, 0.2) is 0 Å². The Bertz CT molecular complexity index is 385. The summed E-state index contributed by atoms with van der Waals surface area (Å²) in [5, 5.41) is 0. The summed E-state index contributed by atoms with van der Waals surface area (Å²) in [7, 11) is 0. The molecule has 0 saturated heterocycles. The maximum atomic E-state index is 5.82. The average molecular weight is 204 g/mol. The van der Waals surface area contributed by atoms with E-state index in [4.69, 9.17) is 10.5 Å². The molecule has 0 fully saturated rings. The smallest absolute Gasteiger partial charge is 0.130 e. The molecule has 3 heteroatoms. The van der Waals surface area contributed by atoms with Crippen LogP contribution in [0, 0.1) is 0 Å². The van der Waals surface area contributed by atoms with E-state index in [0.29, 0.717) is 12.4 Å². The molecule has 80 valence electrons. The van der Waals surface area contributed by atoms with Crippen LogP contribution in [0.4, 0.5) is 0 Å². The summed E-state index contributed by atoms with van der Waals surface area (Å²) in [5.74, 6) is 1.48. The lowest BCUT2D eigenvalue weighted by molar-refractivity contribution is 0.308. The van der Waals surface area contributed by atoms with Crippen LogP contribution in [-0.4, -0.2) is 12.4 Å². The molecule has 0 saturated carbocycles. The molecule has 1 aromatic rings. The molecule has 0 aromatic heterocycles. The van der Waals surface area contributed by atoms with E-state index in [9.17, 15) is 0 Å². The van der Waals surface area contributed by atoms with Gasteiger partial charge in [0, 0.05) is 0 Å². The molecule has 3 nitrogen and oxygen atoms in total. The summed E-state index contributed by atoms with van der Waals surface area (Å²) in [4.78, 5) is 4.21. The zero-order valence-electron chi connectivity index (χ0n) is 8.99. The molecule has 0 unspecified atom stereocenters. The van der Waals surface area contributed by atoms with Crippen LogP contribution in [0.5, 0.6) is 5.75 Å². The van der Waals surface area contributed by atoms with Crippen molar-refractivity contribution in [1.29, 1.82) is 0 Å². The molecule has 1 aliphatic rings. The average Bonchev–Trinajstić information content (AvgIpc) is 2.62. The molecule has 1 aromatic carbocycles. The van der Waals surface area contributed by atoms with Crippen LogP contribution in [0.3, 0.4) is 0 Å². The predicted molar refractivity (Wildman–Crippen MR) is 61.3 cm³/mol. The van der Waals surface area contributed by atoms with Gasteiger partial charge in [0.05, 0.1) is 18.7 Å². The maximum absolute atomic E-state index is 5.82. The highest BCUT2D eigenvalue weighted by Crippen LogP contribution is 2.27. The Hall–Kier alpha value is -1.51. The van der Waals surface area contributed by atoms with Crippen molar-refractivity contribution in [2.24, 2.45) is 10.7 Å². The second kappa shape index (κ2) is 4.34. The van der Waals surface area contributed by atoms with Gasteiger partial charge in [-0.25, -0.2) is 0 Å². The van der Waals surface area contributed by atoms with E-state index in [1.165, 1.54) is 5.56 Å². The van der Waals surface area contributed by atoms with Crippen LogP contribution in [-0.2, 0) is 6.54 Å². The number of rotatable bonds is 4. The van der Waals surface area contributed by atoms with Gasteiger partial charge in [-0.05, 0) is 18.1 Å². The van der Waals surface area contributed by atoms with E-state index in [-0.39, 0.29) is 0 Å². The molecule has 1 heterocycles. The molecule has 15 heavy (non-hydrogen) atoms. The number of nitrogens with zero attached hydrogens (tertiary/aromatic N) is 1. The number of amidine groups is 1.